The van der Waals surface area contributed by atoms with Gasteiger partial charge in [0.2, 0.25) is 0 Å². The SMILES string of the molecule is CNC(=O)c1ccc(Nc2nc3ccccn3c2-c2cc(N)nc(C)n2)cn1. The number of imidazole rings is 1. The monoisotopic (exact) mass is 374 g/mol. The van der Waals surface area contributed by atoms with Crippen molar-refractivity contribution in [1.82, 2.24) is 29.7 Å². The minimum absolute atomic E-state index is 0.244. The molecular formula is C19H18N8O. The summed E-state index contributed by atoms with van der Waals surface area (Å²) in [5, 5.41) is 5.80. The van der Waals surface area contributed by atoms with Gasteiger partial charge in [-0.2, -0.15) is 0 Å². The second-order valence-corrected chi connectivity index (χ2v) is 6.10. The van der Waals surface area contributed by atoms with E-state index in [1.165, 1.54) is 0 Å². The highest BCUT2D eigenvalue weighted by atomic mass is 16.1. The van der Waals surface area contributed by atoms with Crippen molar-refractivity contribution in [2.75, 3.05) is 18.1 Å². The molecule has 9 nitrogen and oxygen atoms in total. The van der Waals surface area contributed by atoms with Crippen molar-refractivity contribution < 1.29 is 4.79 Å². The van der Waals surface area contributed by atoms with Crippen LogP contribution < -0.4 is 16.4 Å². The number of amides is 1. The van der Waals surface area contributed by atoms with Crippen molar-refractivity contribution in [3.8, 4) is 11.4 Å². The number of aryl methyl sites for hydroxylation is 1. The zero-order valence-corrected chi connectivity index (χ0v) is 15.3. The molecule has 4 aromatic rings. The van der Waals surface area contributed by atoms with Crippen LogP contribution in [0, 0.1) is 6.92 Å². The third kappa shape index (κ3) is 3.20. The van der Waals surface area contributed by atoms with Gasteiger partial charge in [0.1, 0.15) is 28.7 Å². The van der Waals surface area contributed by atoms with E-state index >= 15 is 0 Å². The molecule has 0 radical (unpaired) electrons. The first kappa shape index (κ1) is 17.4. The number of hydrogen-bond donors (Lipinski definition) is 3. The minimum Gasteiger partial charge on any atom is -0.384 e. The van der Waals surface area contributed by atoms with Crippen molar-refractivity contribution >= 4 is 28.9 Å². The van der Waals surface area contributed by atoms with Crippen LogP contribution in [0.3, 0.4) is 0 Å². The Kier molecular flexibility index (Phi) is 4.32. The van der Waals surface area contributed by atoms with Gasteiger partial charge in [-0.05, 0) is 31.2 Å². The lowest BCUT2D eigenvalue weighted by atomic mass is 10.2. The number of nitrogens with two attached hydrogens (primary N) is 1. The molecule has 28 heavy (non-hydrogen) atoms. The number of nitrogen functional groups attached to an aromatic ring is 1. The largest absolute Gasteiger partial charge is 0.384 e. The standard InChI is InChI=1S/C19H18N8O/c1-11-23-14(9-15(20)24-11)17-18(26-16-5-3-4-8-27(16)17)25-12-6-7-13(22-10-12)19(28)21-2/h3-10,25H,1-2H3,(H,21,28)(H2,20,23,24). The summed E-state index contributed by atoms with van der Waals surface area (Å²) in [6.45, 7) is 1.79. The smallest absolute Gasteiger partial charge is 0.269 e. The Morgan fingerprint density at radius 1 is 1.14 bits per heavy atom. The maximum absolute atomic E-state index is 11.7. The maximum Gasteiger partial charge on any atom is 0.269 e. The highest BCUT2D eigenvalue weighted by Gasteiger charge is 2.17. The van der Waals surface area contributed by atoms with Crippen LogP contribution >= 0.6 is 0 Å². The van der Waals surface area contributed by atoms with Crippen LogP contribution in [0.15, 0.2) is 48.8 Å². The van der Waals surface area contributed by atoms with Crippen LogP contribution in [0.4, 0.5) is 17.3 Å². The van der Waals surface area contributed by atoms with Gasteiger partial charge in [-0.3, -0.25) is 9.20 Å². The average Bonchev–Trinajstić information content (AvgIpc) is 3.05. The lowest BCUT2D eigenvalue weighted by Crippen LogP contribution is -2.18. The van der Waals surface area contributed by atoms with Crippen LogP contribution in [-0.4, -0.2) is 37.3 Å². The molecule has 4 N–H and O–H groups in total. The summed E-state index contributed by atoms with van der Waals surface area (Å²) in [5.41, 5.74) is 9.11. The van der Waals surface area contributed by atoms with E-state index in [0.29, 0.717) is 34.5 Å². The van der Waals surface area contributed by atoms with E-state index in [1.807, 2.05) is 28.8 Å². The second kappa shape index (κ2) is 6.95. The van der Waals surface area contributed by atoms with Crippen molar-refractivity contribution in [1.29, 1.82) is 0 Å². The van der Waals surface area contributed by atoms with Crippen LogP contribution in [0.2, 0.25) is 0 Å². The van der Waals surface area contributed by atoms with Gasteiger partial charge >= 0.3 is 0 Å². The summed E-state index contributed by atoms with van der Waals surface area (Å²) in [7, 11) is 1.56. The van der Waals surface area contributed by atoms with Crippen LogP contribution in [-0.2, 0) is 0 Å². The highest BCUT2D eigenvalue weighted by Crippen LogP contribution is 2.30. The normalized spacial score (nSPS) is 10.8. The molecule has 4 heterocycles. The van der Waals surface area contributed by atoms with Gasteiger partial charge in [0.25, 0.3) is 5.91 Å². The summed E-state index contributed by atoms with van der Waals surface area (Å²) >= 11 is 0. The first-order valence-electron chi connectivity index (χ1n) is 8.59. The molecule has 0 atom stereocenters. The Balaban J connectivity index is 1.80. The van der Waals surface area contributed by atoms with E-state index in [2.05, 4.69) is 30.6 Å². The quantitative estimate of drug-likeness (QED) is 0.500. The lowest BCUT2D eigenvalue weighted by molar-refractivity contribution is 0.0958. The zero-order valence-electron chi connectivity index (χ0n) is 15.3. The van der Waals surface area contributed by atoms with E-state index in [-0.39, 0.29) is 5.91 Å². The molecule has 4 aromatic heterocycles. The summed E-state index contributed by atoms with van der Waals surface area (Å²) in [6.07, 6.45) is 3.49. The molecule has 0 aliphatic rings. The number of nitrogens with zero attached hydrogens (tertiary/aromatic N) is 5. The van der Waals surface area contributed by atoms with Gasteiger partial charge in [-0.1, -0.05) is 6.07 Å². The number of hydrogen-bond acceptors (Lipinski definition) is 7. The topological polar surface area (TPSA) is 123 Å². The maximum atomic E-state index is 11.7. The van der Waals surface area contributed by atoms with Crippen LogP contribution in [0.5, 0.6) is 0 Å². The predicted octanol–water partition coefficient (Wildman–Crippen LogP) is 2.18. The number of rotatable bonds is 4. The summed E-state index contributed by atoms with van der Waals surface area (Å²) in [4.78, 5) is 29.2. The fraction of sp³-hybridized carbons (Fsp3) is 0.105. The molecule has 1 amide bonds. The van der Waals surface area contributed by atoms with Gasteiger partial charge in [0.05, 0.1) is 17.6 Å². The predicted molar refractivity (Wildman–Crippen MR) is 106 cm³/mol. The Morgan fingerprint density at radius 2 is 2.00 bits per heavy atom. The van der Waals surface area contributed by atoms with E-state index < -0.39 is 0 Å². The van der Waals surface area contributed by atoms with Crippen molar-refractivity contribution in [3.63, 3.8) is 0 Å². The molecule has 0 unspecified atom stereocenters. The highest BCUT2D eigenvalue weighted by molar-refractivity contribution is 5.92. The Hall–Kier alpha value is -4.01. The first-order valence-corrected chi connectivity index (χ1v) is 8.59. The summed E-state index contributed by atoms with van der Waals surface area (Å²) in [6, 6.07) is 10.9. The van der Waals surface area contributed by atoms with Crippen molar-refractivity contribution in [2.24, 2.45) is 0 Å². The fourth-order valence-electron chi connectivity index (χ4n) is 2.91. The van der Waals surface area contributed by atoms with Crippen molar-refractivity contribution in [3.05, 3.63) is 60.3 Å². The number of nitrogens with one attached hydrogen (secondary N) is 2. The molecule has 0 bridgehead atoms. The van der Waals surface area contributed by atoms with E-state index in [0.717, 1.165) is 11.3 Å². The third-order valence-electron chi connectivity index (χ3n) is 4.12. The van der Waals surface area contributed by atoms with Gasteiger partial charge in [0, 0.05) is 19.3 Å². The van der Waals surface area contributed by atoms with Gasteiger partial charge in [-0.15, -0.1) is 0 Å². The number of anilines is 3. The zero-order chi connectivity index (χ0) is 19.7. The van der Waals surface area contributed by atoms with Gasteiger partial charge in [0.15, 0.2) is 5.82 Å². The fourth-order valence-corrected chi connectivity index (χ4v) is 2.91. The number of aromatic nitrogens is 5. The molecule has 0 spiro atoms. The second-order valence-electron chi connectivity index (χ2n) is 6.10. The molecular weight excluding hydrogens is 356 g/mol. The van der Waals surface area contributed by atoms with E-state index in [9.17, 15) is 4.79 Å². The summed E-state index contributed by atoms with van der Waals surface area (Å²) in [5.74, 6) is 1.31. The van der Waals surface area contributed by atoms with Crippen LogP contribution in [0.1, 0.15) is 16.3 Å². The van der Waals surface area contributed by atoms with Gasteiger partial charge in [-0.25, -0.2) is 19.9 Å². The van der Waals surface area contributed by atoms with Gasteiger partial charge < -0.3 is 16.4 Å². The molecule has 140 valence electrons. The molecule has 0 aromatic carbocycles. The minimum atomic E-state index is -0.244. The number of pyridine rings is 2. The van der Waals surface area contributed by atoms with Crippen molar-refractivity contribution in [2.45, 2.75) is 6.92 Å². The van der Waals surface area contributed by atoms with Crippen LogP contribution in [0.25, 0.3) is 17.0 Å². The third-order valence-corrected chi connectivity index (χ3v) is 4.12. The average molecular weight is 374 g/mol. The lowest BCUT2D eigenvalue weighted by Gasteiger charge is -2.08. The number of carbonyl (C=O) groups excluding carboxylic acids is 1. The molecule has 0 saturated heterocycles. The molecule has 4 rings (SSSR count). The summed E-state index contributed by atoms with van der Waals surface area (Å²) < 4.78 is 1.93. The Bertz CT molecular complexity index is 1150. The van der Waals surface area contributed by atoms with E-state index in [4.69, 9.17) is 5.73 Å². The molecule has 0 fully saturated rings. The van der Waals surface area contributed by atoms with E-state index in [1.54, 1.807) is 38.4 Å². The molecule has 0 saturated carbocycles. The number of fused-ring (bicyclic) bond motifs is 1. The Morgan fingerprint density at radius 3 is 2.71 bits per heavy atom. The first-order chi connectivity index (χ1) is 13.5. The molecule has 0 aliphatic heterocycles. The molecule has 0 aliphatic carbocycles. The number of carbonyl (C=O) groups is 1. The molecule has 9 heteroatoms. The Labute approximate surface area is 160 Å².